The first kappa shape index (κ1) is 29.4. The molecule has 12 nitrogen and oxygen atoms in total. The molecule has 1 heterocycles. The Kier molecular flexibility index (Phi) is 12.6. The summed E-state index contributed by atoms with van der Waals surface area (Å²) >= 11 is 1.47. The molecule has 0 aliphatic rings. The largest absolute Gasteiger partial charge is 0.480 e. The van der Waals surface area contributed by atoms with E-state index in [9.17, 15) is 29.4 Å². The monoisotopic (exact) mass is 500 g/mol. The zero-order valence-corrected chi connectivity index (χ0v) is 20.7. The van der Waals surface area contributed by atoms with Crippen LogP contribution in [0.1, 0.15) is 39.3 Å². The molecule has 0 saturated carbocycles. The van der Waals surface area contributed by atoms with Gasteiger partial charge < -0.3 is 36.9 Å². The summed E-state index contributed by atoms with van der Waals surface area (Å²) in [6, 6.07) is -4.49. The summed E-state index contributed by atoms with van der Waals surface area (Å²) in [7, 11) is 0. The number of carbonyl (C=O) groups excluding carboxylic acids is 3. The Morgan fingerprint density at radius 2 is 1.74 bits per heavy atom. The quantitative estimate of drug-likeness (QED) is 0.158. The van der Waals surface area contributed by atoms with E-state index in [1.165, 1.54) is 31.2 Å². The Balaban J connectivity index is 3.05. The van der Waals surface area contributed by atoms with Crippen molar-refractivity contribution in [1.29, 1.82) is 0 Å². The number of H-pyrrole nitrogens is 1. The Morgan fingerprint density at radius 3 is 2.24 bits per heavy atom. The molecule has 0 aliphatic carbocycles. The highest BCUT2D eigenvalue weighted by Crippen LogP contribution is 2.10. The van der Waals surface area contributed by atoms with E-state index in [1.54, 1.807) is 6.92 Å². The van der Waals surface area contributed by atoms with Crippen LogP contribution in [0.3, 0.4) is 0 Å². The number of aliphatic hydroxyl groups is 1. The van der Waals surface area contributed by atoms with Crippen LogP contribution >= 0.6 is 11.8 Å². The maximum atomic E-state index is 13.1. The number of hydrogen-bond acceptors (Lipinski definition) is 8. The molecule has 13 heteroatoms. The zero-order chi connectivity index (χ0) is 25.8. The van der Waals surface area contributed by atoms with Gasteiger partial charge in [0.1, 0.15) is 24.2 Å². The van der Waals surface area contributed by atoms with Crippen molar-refractivity contribution >= 4 is 35.5 Å². The number of nitrogens with two attached hydrogens (primary N) is 1. The molecule has 192 valence electrons. The number of amides is 3. The molecule has 0 spiro atoms. The fraction of sp³-hybridized carbons (Fsp3) is 0.667. The first-order valence-electron chi connectivity index (χ1n) is 11.0. The highest BCUT2D eigenvalue weighted by molar-refractivity contribution is 7.98. The van der Waals surface area contributed by atoms with Gasteiger partial charge in [0.05, 0.1) is 12.4 Å². The second kappa shape index (κ2) is 14.6. The minimum absolute atomic E-state index is 0.0333. The average molecular weight is 501 g/mol. The molecule has 3 amide bonds. The van der Waals surface area contributed by atoms with Gasteiger partial charge in [0.15, 0.2) is 0 Å². The number of aromatic nitrogens is 2. The number of aromatic amines is 1. The molecule has 0 aromatic carbocycles. The highest BCUT2D eigenvalue weighted by atomic mass is 32.2. The van der Waals surface area contributed by atoms with E-state index < -0.39 is 54.0 Å². The van der Waals surface area contributed by atoms with Gasteiger partial charge in [-0.2, -0.15) is 11.8 Å². The normalized spacial score (nSPS) is 16.4. The molecule has 0 aliphatic heterocycles. The predicted octanol–water partition coefficient (Wildman–Crippen LogP) is -1.00. The van der Waals surface area contributed by atoms with Crippen LogP contribution in [0, 0.1) is 5.92 Å². The first-order chi connectivity index (χ1) is 16.0. The van der Waals surface area contributed by atoms with Gasteiger partial charge in [0.2, 0.25) is 17.7 Å². The van der Waals surface area contributed by atoms with Gasteiger partial charge in [-0.3, -0.25) is 14.4 Å². The number of aliphatic carboxylic acids is 1. The van der Waals surface area contributed by atoms with E-state index in [0.717, 1.165) is 0 Å². The number of carboxylic acid groups (broad SMARTS) is 1. The van der Waals surface area contributed by atoms with E-state index in [0.29, 0.717) is 17.9 Å². The van der Waals surface area contributed by atoms with Crippen molar-refractivity contribution < 1.29 is 29.4 Å². The van der Waals surface area contributed by atoms with Crippen LogP contribution in [-0.4, -0.2) is 86.2 Å². The molecule has 6 atom stereocenters. The summed E-state index contributed by atoms with van der Waals surface area (Å²) in [4.78, 5) is 56.8. The van der Waals surface area contributed by atoms with Crippen molar-refractivity contribution in [2.24, 2.45) is 11.7 Å². The van der Waals surface area contributed by atoms with Crippen LogP contribution in [0.2, 0.25) is 0 Å². The van der Waals surface area contributed by atoms with E-state index in [4.69, 9.17) is 5.73 Å². The molecule has 34 heavy (non-hydrogen) atoms. The summed E-state index contributed by atoms with van der Waals surface area (Å²) in [6.07, 6.45) is 4.45. The molecular weight excluding hydrogens is 464 g/mol. The van der Waals surface area contributed by atoms with Crippen LogP contribution in [0.15, 0.2) is 12.5 Å². The third-order valence-corrected chi connectivity index (χ3v) is 6.10. The Hall–Kier alpha value is -2.64. The van der Waals surface area contributed by atoms with E-state index in [-0.39, 0.29) is 18.8 Å². The number of nitrogens with zero attached hydrogens (tertiary/aromatic N) is 1. The second-order valence-corrected chi connectivity index (χ2v) is 9.15. The maximum absolute atomic E-state index is 13.1. The van der Waals surface area contributed by atoms with Crippen molar-refractivity contribution in [3.05, 3.63) is 18.2 Å². The molecule has 0 radical (unpaired) electrons. The number of hydrogen-bond donors (Lipinski definition) is 7. The maximum Gasteiger partial charge on any atom is 0.326 e. The SMILES string of the molecule is CCC(C)C(NC(=O)C(CCSC)NC(=O)C(Cc1cnc[nH]1)NC(=O)C(N)C(C)O)C(=O)O. The fourth-order valence-corrected chi connectivity index (χ4v) is 3.50. The summed E-state index contributed by atoms with van der Waals surface area (Å²) < 4.78 is 0. The van der Waals surface area contributed by atoms with Crippen LogP contribution in [0.4, 0.5) is 0 Å². The average Bonchev–Trinajstić information content (AvgIpc) is 3.31. The molecule has 6 unspecified atom stereocenters. The second-order valence-electron chi connectivity index (χ2n) is 8.16. The number of imidazole rings is 1. The topological polar surface area (TPSA) is 200 Å². The number of carboxylic acids is 1. The third kappa shape index (κ3) is 9.31. The fourth-order valence-electron chi connectivity index (χ4n) is 3.03. The van der Waals surface area contributed by atoms with Gasteiger partial charge in [0, 0.05) is 18.3 Å². The van der Waals surface area contributed by atoms with Crippen LogP contribution in [0.25, 0.3) is 0 Å². The number of carbonyl (C=O) groups is 4. The zero-order valence-electron chi connectivity index (χ0n) is 19.9. The molecule has 0 bridgehead atoms. The van der Waals surface area contributed by atoms with Crippen LogP contribution in [0.5, 0.6) is 0 Å². The summed E-state index contributed by atoms with van der Waals surface area (Å²) in [5.41, 5.74) is 6.24. The van der Waals surface area contributed by atoms with E-state index in [2.05, 4.69) is 25.9 Å². The molecule has 1 aromatic heterocycles. The van der Waals surface area contributed by atoms with Gasteiger partial charge in [0.25, 0.3) is 0 Å². The Morgan fingerprint density at radius 1 is 1.12 bits per heavy atom. The molecular formula is C21H36N6O6S. The van der Waals surface area contributed by atoms with Crippen LogP contribution in [-0.2, 0) is 25.6 Å². The lowest BCUT2D eigenvalue weighted by molar-refractivity contribution is -0.143. The number of rotatable bonds is 15. The smallest absolute Gasteiger partial charge is 0.326 e. The van der Waals surface area contributed by atoms with Crippen molar-refractivity contribution in [2.75, 3.05) is 12.0 Å². The number of aliphatic hydroxyl groups excluding tert-OH is 1. The summed E-state index contributed by atoms with van der Waals surface area (Å²) in [6.45, 7) is 4.89. The number of thioether (sulfide) groups is 1. The van der Waals surface area contributed by atoms with E-state index >= 15 is 0 Å². The Bertz CT molecular complexity index is 806. The van der Waals surface area contributed by atoms with E-state index in [1.807, 2.05) is 13.2 Å². The van der Waals surface area contributed by atoms with Crippen molar-refractivity contribution in [3.8, 4) is 0 Å². The first-order valence-corrected chi connectivity index (χ1v) is 12.4. The minimum Gasteiger partial charge on any atom is -0.480 e. The molecule has 8 N–H and O–H groups in total. The third-order valence-electron chi connectivity index (χ3n) is 5.45. The highest BCUT2D eigenvalue weighted by Gasteiger charge is 2.32. The summed E-state index contributed by atoms with van der Waals surface area (Å²) in [5, 5.41) is 26.8. The molecule has 0 fully saturated rings. The van der Waals surface area contributed by atoms with Gasteiger partial charge in [-0.1, -0.05) is 20.3 Å². The Labute approximate surface area is 203 Å². The van der Waals surface area contributed by atoms with Crippen molar-refractivity contribution in [1.82, 2.24) is 25.9 Å². The lowest BCUT2D eigenvalue weighted by Crippen LogP contribution is -2.59. The van der Waals surface area contributed by atoms with Gasteiger partial charge in [-0.15, -0.1) is 0 Å². The van der Waals surface area contributed by atoms with Crippen LogP contribution < -0.4 is 21.7 Å². The summed E-state index contributed by atoms with van der Waals surface area (Å²) in [5.74, 6) is -2.95. The molecule has 1 rings (SSSR count). The van der Waals surface area contributed by atoms with Crippen molar-refractivity contribution in [2.45, 2.75) is 70.3 Å². The lowest BCUT2D eigenvalue weighted by atomic mass is 9.98. The standard InChI is InChI=1S/C21H36N6O6S/c1-5-11(2)17(21(32)33)27-18(29)14(6-7-34-4)25-19(30)15(8-13-9-23-10-24-13)26-20(31)16(22)12(3)28/h9-12,14-17,28H,5-8,22H2,1-4H3,(H,23,24)(H,25,30)(H,26,31)(H,27,29)(H,32,33). The molecule has 1 aromatic rings. The predicted molar refractivity (Wildman–Crippen MR) is 128 cm³/mol. The number of nitrogens with one attached hydrogen (secondary N) is 4. The van der Waals surface area contributed by atoms with Gasteiger partial charge in [-0.05, 0) is 31.3 Å². The van der Waals surface area contributed by atoms with Gasteiger partial charge in [-0.25, -0.2) is 9.78 Å². The van der Waals surface area contributed by atoms with Gasteiger partial charge >= 0.3 is 5.97 Å². The lowest BCUT2D eigenvalue weighted by Gasteiger charge is -2.26. The minimum atomic E-state index is -1.25. The molecule has 0 saturated heterocycles. The van der Waals surface area contributed by atoms with Crippen molar-refractivity contribution in [3.63, 3.8) is 0 Å².